The molecule has 0 radical (unpaired) electrons. The fourth-order valence-electron chi connectivity index (χ4n) is 1.06. The maximum Gasteiger partial charge on any atom is 0.287 e. The van der Waals surface area contributed by atoms with E-state index in [9.17, 15) is 4.79 Å². The number of rotatable bonds is 3. The van der Waals surface area contributed by atoms with Crippen LogP contribution in [0.2, 0.25) is 0 Å². The van der Waals surface area contributed by atoms with E-state index in [2.05, 4.69) is 15.5 Å². The topological polar surface area (TPSA) is 81.2 Å². The van der Waals surface area contributed by atoms with Gasteiger partial charge >= 0.3 is 0 Å². The summed E-state index contributed by atoms with van der Waals surface area (Å²) in [5.74, 6) is 0.784. The molecule has 1 amide bonds. The first-order chi connectivity index (χ1) is 7.25. The second-order valence-corrected chi connectivity index (χ2v) is 2.87. The fraction of sp³-hybridized carbons (Fsp3) is 0.222. The Kier molecular flexibility index (Phi) is 2.49. The number of nitrogens with zero attached hydrogens (tertiary/aromatic N) is 2. The smallest absolute Gasteiger partial charge is 0.287 e. The number of carbonyl (C=O) groups excluding carboxylic acids is 1. The minimum Gasteiger partial charge on any atom is -0.459 e. The van der Waals surface area contributed by atoms with Crippen molar-refractivity contribution in [1.29, 1.82) is 0 Å². The van der Waals surface area contributed by atoms with Crippen LogP contribution in [-0.4, -0.2) is 16.1 Å². The van der Waals surface area contributed by atoms with Crippen LogP contribution in [0.3, 0.4) is 0 Å². The van der Waals surface area contributed by atoms with Crippen molar-refractivity contribution in [3.8, 4) is 0 Å². The number of furan rings is 1. The van der Waals surface area contributed by atoms with Crippen LogP contribution in [-0.2, 0) is 6.54 Å². The first kappa shape index (κ1) is 9.45. The van der Waals surface area contributed by atoms with Crippen molar-refractivity contribution in [3.63, 3.8) is 0 Å². The van der Waals surface area contributed by atoms with Gasteiger partial charge in [-0.3, -0.25) is 4.79 Å². The second-order valence-electron chi connectivity index (χ2n) is 2.87. The summed E-state index contributed by atoms with van der Waals surface area (Å²) in [6.45, 7) is 1.88. The third kappa shape index (κ3) is 2.22. The van der Waals surface area contributed by atoms with Crippen LogP contribution in [0.1, 0.15) is 22.3 Å². The molecular formula is C9H9N3O3. The molecule has 2 rings (SSSR count). The van der Waals surface area contributed by atoms with Crippen LogP contribution in [0.15, 0.2) is 27.2 Å². The zero-order chi connectivity index (χ0) is 10.7. The van der Waals surface area contributed by atoms with Gasteiger partial charge in [-0.05, 0) is 12.1 Å². The van der Waals surface area contributed by atoms with Gasteiger partial charge in [-0.15, -0.1) is 10.2 Å². The number of nitrogens with one attached hydrogen (secondary N) is 1. The van der Waals surface area contributed by atoms with Crippen LogP contribution in [0.5, 0.6) is 0 Å². The highest BCUT2D eigenvalue weighted by Crippen LogP contribution is 2.01. The van der Waals surface area contributed by atoms with Crippen molar-refractivity contribution in [1.82, 2.24) is 15.5 Å². The molecule has 15 heavy (non-hydrogen) atoms. The lowest BCUT2D eigenvalue weighted by molar-refractivity contribution is 0.0919. The molecule has 2 aromatic heterocycles. The van der Waals surface area contributed by atoms with Crippen molar-refractivity contribution < 1.29 is 13.6 Å². The normalized spacial score (nSPS) is 10.2. The summed E-state index contributed by atoms with van der Waals surface area (Å²) in [7, 11) is 0. The first-order valence-electron chi connectivity index (χ1n) is 4.36. The predicted molar refractivity (Wildman–Crippen MR) is 48.9 cm³/mol. The van der Waals surface area contributed by atoms with Crippen molar-refractivity contribution in [2.24, 2.45) is 0 Å². The van der Waals surface area contributed by atoms with Gasteiger partial charge in [0.05, 0.1) is 12.8 Å². The standard InChI is InChI=1S/C9H9N3O3/c1-6-11-12-8(15-6)5-10-9(13)7-3-2-4-14-7/h2-4H,5H2,1H3,(H,10,13). The summed E-state index contributed by atoms with van der Waals surface area (Å²) < 4.78 is 9.99. The Morgan fingerprint density at radius 3 is 3.00 bits per heavy atom. The minimum atomic E-state index is -0.309. The molecule has 0 spiro atoms. The highest BCUT2D eigenvalue weighted by atomic mass is 16.4. The first-order valence-corrected chi connectivity index (χ1v) is 4.36. The zero-order valence-electron chi connectivity index (χ0n) is 8.06. The molecule has 2 aromatic rings. The van der Waals surface area contributed by atoms with E-state index >= 15 is 0 Å². The molecular weight excluding hydrogens is 198 g/mol. The van der Waals surface area contributed by atoms with Gasteiger partial charge in [0.25, 0.3) is 5.91 Å². The number of hydrogen-bond donors (Lipinski definition) is 1. The van der Waals surface area contributed by atoms with Gasteiger partial charge in [0.1, 0.15) is 0 Å². The molecule has 0 fully saturated rings. The maximum atomic E-state index is 11.4. The van der Waals surface area contributed by atoms with E-state index in [1.807, 2.05) is 0 Å². The molecule has 0 saturated carbocycles. The molecule has 0 aromatic carbocycles. The third-order valence-corrected chi connectivity index (χ3v) is 1.71. The largest absolute Gasteiger partial charge is 0.459 e. The lowest BCUT2D eigenvalue weighted by Crippen LogP contribution is -2.22. The van der Waals surface area contributed by atoms with Crippen LogP contribution in [0, 0.1) is 6.92 Å². The zero-order valence-corrected chi connectivity index (χ0v) is 8.06. The predicted octanol–water partition coefficient (Wildman–Crippen LogP) is 0.901. The number of hydrogen-bond acceptors (Lipinski definition) is 5. The molecule has 0 aliphatic heterocycles. The molecule has 0 saturated heterocycles. The van der Waals surface area contributed by atoms with Gasteiger partial charge in [-0.2, -0.15) is 0 Å². The van der Waals surface area contributed by atoms with Gasteiger partial charge in [-0.1, -0.05) is 0 Å². The molecule has 6 nitrogen and oxygen atoms in total. The van der Waals surface area contributed by atoms with E-state index in [-0.39, 0.29) is 18.2 Å². The van der Waals surface area contributed by atoms with E-state index in [4.69, 9.17) is 8.83 Å². The molecule has 0 aliphatic carbocycles. The molecule has 0 atom stereocenters. The summed E-state index contributed by atoms with van der Waals surface area (Å²) in [6, 6.07) is 3.22. The molecule has 1 N–H and O–H groups in total. The Morgan fingerprint density at radius 1 is 1.53 bits per heavy atom. The molecule has 6 heteroatoms. The highest BCUT2D eigenvalue weighted by molar-refractivity contribution is 5.91. The van der Waals surface area contributed by atoms with E-state index in [1.54, 1.807) is 19.1 Å². The van der Waals surface area contributed by atoms with Crippen molar-refractivity contribution in [2.45, 2.75) is 13.5 Å². The van der Waals surface area contributed by atoms with Gasteiger partial charge < -0.3 is 14.2 Å². The molecule has 0 unspecified atom stereocenters. The van der Waals surface area contributed by atoms with Crippen molar-refractivity contribution >= 4 is 5.91 Å². The number of aryl methyl sites for hydroxylation is 1. The summed E-state index contributed by atoms with van der Waals surface area (Å²) in [6.07, 6.45) is 1.44. The number of amides is 1. The van der Waals surface area contributed by atoms with E-state index < -0.39 is 0 Å². The van der Waals surface area contributed by atoms with Crippen molar-refractivity contribution in [2.75, 3.05) is 0 Å². The Morgan fingerprint density at radius 2 is 2.40 bits per heavy atom. The maximum absolute atomic E-state index is 11.4. The lowest BCUT2D eigenvalue weighted by Gasteiger charge is -1.97. The van der Waals surface area contributed by atoms with Gasteiger partial charge in [0, 0.05) is 6.92 Å². The van der Waals surface area contributed by atoms with Gasteiger partial charge in [0.2, 0.25) is 11.8 Å². The minimum absolute atomic E-state index is 0.195. The van der Waals surface area contributed by atoms with Crippen molar-refractivity contribution in [3.05, 3.63) is 35.9 Å². The van der Waals surface area contributed by atoms with Crippen LogP contribution >= 0.6 is 0 Å². The Bertz CT molecular complexity index is 447. The number of carbonyl (C=O) groups is 1. The lowest BCUT2D eigenvalue weighted by atomic mass is 10.4. The Hall–Kier alpha value is -2.11. The van der Waals surface area contributed by atoms with E-state index in [1.165, 1.54) is 6.26 Å². The molecule has 0 aliphatic rings. The summed E-state index contributed by atoms with van der Waals surface area (Å²) in [5.41, 5.74) is 0. The van der Waals surface area contributed by atoms with Gasteiger partial charge in [-0.25, -0.2) is 0 Å². The van der Waals surface area contributed by atoms with Crippen LogP contribution < -0.4 is 5.32 Å². The van der Waals surface area contributed by atoms with Crippen LogP contribution in [0.4, 0.5) is 0 Å². The summed E-state index contributed by atoms with van der Waals surface area (Å²) in [5, 5.41) is 9.96. The average Bonchev–Trinajstić information content (AvgIpc) is 2.84. The van der Waals surface area contributed by atoms with E-state index in [0.717, 1.165) is 0 Å². The highest BCUT2D eigenvalue weighted by Gasteiger charge is 2.09. The SMILES string of the molecule is Cc1nnc(CNC(=O)c2ccco2)o1. The number of aromatic nitrogens is 2. The molecule has 2 heterocycles. The Labute approximate surface area is 85.3 Å². The van der Waals surface area contributed by atoms with Gasteiger partial charge in [0.15, 0.2) is 5.76 Å². The molecule has 78 valence electrons. The Balaban J connectivity index is 1.91. The average molecular weight is 207 g/mol. The molecule has 0 bridgehead atoms. The summed E-state index contributed by atoms with van der Waals surface area (Å²) in [4.78, 5) is 11.4. The van der Waals surface area contributed by atoms with Crippen LogP contribution in [0.25, 0.3) is 0 Å². The fourth-order valence-corrected chi connectivity index (χ4v) is 1.06. The monoisotopic (exact) mass is 207 g/mol. The summed E-state index contributed by atoms with van der Waals surface area (Å²) >= 11 is 0. The quantitative estimate of drug-likeness (QED) is 0.808. The second kappa shape index (κ2) is 3.95. The van der Waals surface area contributed by atoms with E-state index in [0.29, 0.717) is 11.8 Å². The third-order valence-electron chi connectivity index (χ3n) is 1.71.